The number of carbonyl (C=O) groups excluding carboxylic acids is 1. The van der Waals surface area contributed by atoms with E-state index in [0.717, 1.165) is 16.7 Å². The zero-order valence-corrected chi connectivity index (χ0v) is 20.3. The molecule has 0 aliphatic carbocycles. The van der Waals surface area contributed by atoms with Gasteiger partial charge in [-0.2, -0.15) is 0 Å². The number of sulfone groups is 1. The van der Waals surface area contributed by atoms with Crippen LogP contribution in [0.15, 0.2) is 70.5 Å². The smallest absolute Gasteiger partial charge is 0.228 e. The van der Waals surface area contributed by atoms with Gasteiger partial charge in [-0.1, -0.05) is 47.5 Å². The largest absolute Gasteiger partial charge is 0.396 e. The molecule has 0 saturated carbocycles. The normalized spacial score (nSPS) is 11.4. The number of thioether (sulfide) groups is 1. The molecule has 0 bridgehead atoms. The molecule has 3 aromatic rings. The average Bonchev–Trinajstić information content (AvgIpc) is 2.71. The van der Waals surface area contributed by atoms with Crippen LogP contribution in [0.3, 0.4) is 0 Å². The van der Waals surface area contributed by atoms with E-state index in [0.29, 0.717) is 32.6 Å². The molecule has 2 N–H and O–H groups in total. The second kappa shape index (κ2) is 10.7. The van der Waals surface area contributed by atoms with E-state index >= 15 is 0 Å². The van der Waals surface area contributed by atoms with Crippen molar-refractivity contribution in [2.45, 2.75) is 16.2 Å². The van der Waals surface area contributed by atoms with Gasteiger partial charge in [0.15, 0.2) is 9.84 Å². The van der Waals surface area contributed by atoms with E-state index < -0.39 is 9.84 Å². The van der Waals surface area contributed by atoms with Gasteiger partial charge in [-0.25, -0.2) is 8.42 Å². The van der Waals surface area contributed by atoms with Crippen LogP contribution in [0.25, 0.3) is 11.1 Å². The van der Waals surface area contributed by atoms with Gasteiger partial charge in [0, 0.05) is 28.2 Å². The predicted molar refractivity (Wildman–Crippen MR) is 132 cm³/mol. The van der Waals surface area contributed by atoms with Crippen molar-refractivity contribution in [3.63, 3.8) is 0 Å². The molecular weight excluding hydrogens is 489 g/mol. The van der Waals surface area contributed by atoms with Gasteiger partial charge in [0.25, 0.3) is 0 Å². The summed E-state index contributed by atoms with van der Waals surface area (Å²) < 4.78 is 23.3. The minimum atomic E-state index is -3.30. The summed E-state index contributed by atoms with van der Waals surface area (Å²) in [5, 5.41) is 12.4. The van der Waals surface area contributed by atoms with Crippen LogP contribution < -0.4 is 5.32 Å². The monoisotopic (exact) mass is 509 g/mol. The minimum absolute atomic E-state index is 0.0920. The standard InChI is InChI=1S/C23H21Cl2NO4S2/c1-32(29,30)19-7-5-16(6-8-19)23-20(24)13-17(14-21(23)25)26-22(28)12-15-3-2-4-18(11-15)31-10-9-27/h2-8,11,13-14,27H,9-10,12H2,1H3,(H,26,28). The van der Waals surface area contributed by atoms with Crippen molar-refractivity contribution in [3.05, 3.63) is 76.3 Å². The Morgan fingerprint density at radius 2 is 1.69 bits per heavy atom. The van der Waals surface area contributed by atoms with E-state index in [9.17, 15) is 13.2 Å². The number of hydrogen-bond acceptors (Lipinski definition) is 5. The third kappa shape index (κ3) is 6.49. The van der Waals surface area contributed by atoms with Crippen LogP contribution >= 0.6 is 35.0 Å². The zero-order chi connectivity index (χ0) is 23.3. The maximum absolute atomic E-state index is 12.5. The van der Waals surface area contributed by atoms with E-state index in [-0.39, 0.29) is 23.8 Å². The molecule has 0 heterocycles. The summed E-state index contributed by atoms with van der Waals surface area (Å²) in [6, 6.07) is 17.1. The lowest BCUT2D eigenvalue weighted by Gasteiger charge is -2.12. The first-order valence-corrected chi connectivity index (χ1v) is 13.2. The molecule has 32 heavy (non-hydrogen) atoms. The number of hydrogen-bond donors (Lipinski definition) is 2. The minimum Gasteiger partial charge on any atom is -0.396 e. The number of benzene rings is 3. The topological polar surface area (TPSA) is 83.5 Å². The highest BCUT2D eigenvalue weighted by Crippen LogP contribution is 2.37. The van der Waals surface area contributed by atoms with Crippen LogP contribution in [0.5, 0.6) is 0 Å². The lowest BCUT2D eigenvalue weighted by molar-refractivity contribution is -0.115. The Hall–Kier alpha value is -2.03. The second-order valence-electron chi connectivity index (χ2n) is 7.06. The lowest BCUT2D eigenvalue weighted by Crippen LogP contribution is -2.14. The first kappa shape index (κ1) is 24.6. The Morgan fingerprint density at radius 1 is 1.03 bits per heavy atom. The van der Waals surface area contributed by atoms with Gasteiger partial charge in [-0.15, -0.1) is 11.8 Å². The van der Waals surface area contributed by atoms with Gasteiger partial charge in [0.2, 0.25) is 5.91 Å². The van der Waals surface area contributed by atoms with Crippen LogP contribution in [0.2, 0.25) is 10.0 Å². The molecule has 0 fully saturated rings. The molecule has 0 aliphatic rings. The van der Waals surface area contributed by atoms with Crippen molar-refractivity contribution >= 4 is 56.4 Å². The van der Waals surface area contributed by atoms with Gasteiger partial charge in [0.1, 0.15) is 0 Å². The highest BCUT2D eigenvalue weighted by Gasteiger charge is 2.14. The average molecular weight is 510 g/mol. The molecule has 0 unspecified atom stereocenters. The number of amides is 1. The van der Waals surface area contributed by atoms with E-state index in [1.807, 2.05) is 24.3 Å². The van der Waals surface area contributed by atoms with Gasteiger partial charge in [-0.3, -0.25) is 4.79 Å². The molecule has 3 rings (SSSR count). The van der Waals surface area contributed by atoms with Crippen molar-refractivity contribution in [2.24, 2.45) is 0 Å². The number of aliphatic hydroxyl groups is 1. The summed E-state index contributed by atoms with van der Waals surface area (Å²) in [6.45, 7) is 0.0920. The van der Waals surface area contributed by atoms with Crippen LogP contribution in [-0.2, 0) is 21.1 Å². The molecule has 9 heteroatoms. The van der Waals surface area contributed by atoms with Crippen LogP contribution in [-0.4, -0.2) is 38.0 Å². The van der Waals surface area contributed by atoms with Crippen molar-refractivity contribution in [2.75, 3.05) is 23.9 Å². The van der Waals surface area contributed by atoms with Crippen molar-refractivity contribution in [1.82, 2.24) is 0 Å². The number of rotatable bonds is 8. The molecule has 0 aromatic heterocycles. The lowest BCUT2D eigenvalue weighted by atomic mass is 10.0. The van der Waals surface area contributed by atoms with Crippen molar-refractivity contribution in [1.29, 1.82) is 0 Å². The van der Waals surface area contributed by atoms with E-state index in [2.05, 4.69) is 5.32 Å². The summed E-state index contributed by atoms with van der Waals surface area (Å²) in [6.07, 6.45) is 1.32. The SMILES string of the molecule is CS(=O)(=O)c1ccc(-c2c(Cl)cc(NC(=O)Cc3cccc(SCCO)c3)cc2Cl)cc1. The number of nitrogens with one attached hydrogen (secondary N) is 1. The molecule has 0 saturated heterocycles. The van der Waals surface area contributed by atoms with Gasteiger partial charge < -0.3 is 10.4 Å². The third-order valence-corrected chi connectivity index (χ3v) is 7.22. The van der Waals surface area contributed by atoms with Gasteiger partial charge in [-0.05, 0) is 47.5 Å². The van der Waals surface area contributed by atoms with E-state index in [4.69, 9.17) is 28.3 Å². The molecule has 1 amide bonds. The van der Waals surface area contributed by atoms with Crippen molar-refractivity contribution < 1.29 is 18.3 Å². The highest BCUT2D eigenvalue weighted by atomic mass is 35.5. The predicted octanol–water partition coefficient (Wildman–Crippen LogP) is 5.33. The fourth-order valence-electron chi connectivity index (χ4n) is 3.09. The molecule has 3 aromatic carbocycles. The number of carbonyl (C=O) groups is 1. The Kier molecular flexibility index (Phi) is 8.25. The van der Waals surface area contributed by atoms with Crippen LogP contribution in [0.1, 0.15) is 5.56 Å². The molecule has 0 aliphatic heterocycles. The summed E-state index contributed by atoms with van der Waals surface area (Å²) in [4.78, 5) is 13.7. The molecule has 0 radical (unpaired) electrons. The summed E-state index contributed by atoms with van der Waals surface area (Å²) in [7, 11) is -3.30. The zero-order valence-electron chi connectivity index (χ0n) is 17.1. The molecular formula is C23H21Cl2NO4S2. The Labute approximate surface area is 201 Å². The fourth-order valence-corrected chi connectivity index (χ4v) is 5.16. The van der Waals surface area contributed by atoms with Crippen molar-refractivity contribution in [3.8, 4) is 11.1 Å². The molecule has 168 valence electrons. The molecule has 0 atom stereocenters. The summed E-state index contributed by atoms with van der Waals surface area (Å²) in [5.41, 5.74) is 2.54. The van der Waals surface area contributed by atoms with E-state index in [1.54, 1.807) is 24.3 Å². The summed E-state index contributed by atoms with van der Waals surface area (Å²) >= 11 is 14.4. The molecule has 0 spiro atoms. The van der Waals surface area contributed by atoms with Crippen LogP contribution in [0, 0.1) is 0 Å². The maximum Gasteiger partial charge on any atom is 0.228 e. The third-order valence-electron chi connectivity index (χ3n) is 4.52. The number of halogens is 2. The second-order valence-corrected chi connectivity index (χ2v) is 11.1. The quantitative estimate of drug-likeness (QED) is 0.401. The van der Waals surface area contributed by atoms with E-state index in [1.165, 1.54) is 23.9 Å². The van der Waals surface area contributed by atoms with Gasteiger partial charge in [0.05, 0.1) is 28.0 Å². The summed E-state index contributed by atoms with van der Waals surface area (Å²) in [5.74, 6) is 0.377. The van der Waals surface area contributed by atoms with Gasteiger partial charge >= 0.3 is 0 Å². The van der Waals surface area contributed by atoms with Crippen LogP contribution in [0.4, 0.5) is 5.69 Å². The number of aliphatic hydroxyl groups excluding tert-OH is 1. The number of anilines is 1. The highest BCUT2D eigenvalue weighted by molar-refractivity contribution is 7.99. The maximum atomic E-state index is 12.5. The molecule has 5 nitrogen and oxygen atoms in total. The Bertz CT molecular complexity index is 1210. The first-order valence-electron chi connectivity index (χ1n) is 9.59. The Balaban J connectivity index is 1.74. The fraction of sp³-hybridized carbons (Fsp3) is 0.174. The first-order chi connectivity index (χ1) is 15.2. The Morgan fingerprint density at radius 3 is 2.28 bits per heavy atom.